The second-order valence-electron chi connectivity index (χ2n) is 7.59. The first-order valence-electron chi connectivity index (χ1n) is 10.5. The van der Waals surface area contributed by atoms with Gasteiger partial charge in [-0.2, -0.15) is 0 Å². The normalized spacial score (nSPS) is 10.8. The van der Waals surface area contributed by atoms with Crippen LogP contribution in [0, 0.1) is 15.9 Å². The van der Waals surface area contributed by atoms with Crippen LogP contribution in [0.2, 0.25) is 0 Å². The Morgan fingerprint density at radius 1 is 0.972 bits per heavy atom. The number of halogens is 1. The van der Waals surface area contributed by atoms with Crippen LogP contribution in [0.4, 0.5) is 15.8 Å². The Balaban J connectivity index is 1.26. The number of anilines is 1. The minimum absolute atomic E-state index is 0.0153. The standard InChI is InChI=1S/C25H15FN4O5S/c26-16-5-1-4-15(11-16)24-28-19-13-17(7-8-21(19)35-24)27-25(36)29-23(31)22-10-9-20(34-22)14-3-2-6-18(12-14)30(32)33/h1-13H,(H2,27,29,31,36). The van der Waals surface area contributed by atoms with Crippen molar-refractivity contribution in [2.24, 2.45) is 0 Å². The first-order chi connectivity index (χ1) is 17.4. The van der Waals surface area contributed by atoms with Gasteiger partial charge in [-0.1, -0.05) is 18.2 Å². The summed E-state index contributed by atoms with van der Waals surface area (Å²) in [7, 11) is 0. The lowest BCUT2D eigenvalue weighted by Crippen LogP contribution is -2.33. The van der Waals surface area contributed by atoms with Gasteiger partial charge in [-0.05, 0) is 60.7 Å². The minimum Gasteiger partial charge on any atom is -0.451 e. The number of nitrogens with one attached hydrogen (secondary N) is 2. The number of aromatic nitrogens is 1. The van der Waals surface area contributed by atoms with Crippen molar-refractivity contribution in [2.75, 3.05) is 5.32 Å². The van der Waals surface area contributed by atoms with Gasteiger partial charge in [0.05, 0.1) is 4.92 Å². The fourth-order valence-corrected chi connectivity index (χ4v) is 3.68. The van der Waals surface area contributed by atoms with Gasteiger partial charge in [0.25, 0.3) is 11.6 Å². The third-order valence-corrected chi connectivity index (χ3v) is 5.32. The Morgan fingerprint density at radius 2 is 1.78 bits per heavy atom. The van der Waals surface area contributed by atoms with Gasteiger partial charge in [0.2, 0.25) is 5.89 Å². The van der Waals surface area contributed by atoms with Gasteiger partial charge in [-0.15, -0.1) is 0 Å². The molecule has 36 heavy (non-hydrogen) atoms. The van der Waals surface area contributed by atoms with Gasteiger partial charge in [0.15, 0.2) is 16.5 Å². The molecule has 0 saturated carbocycles. The summed E-state index contributed by atoms with van der Waals surface area (Å²) in [6.45, 7) is 0. The van der Waals surface area contributed by atoms with E-state index in [1.807, 2.05) is 0 Å². The predicted octanol–water partition coefficient (Wildman–Crippen LogP) is 5.93. The van der Waals surface area contributed by atoms with Crippen LogP contribution in [0.5, 0.6) is 0 Å². The molecule has 0 fully saturated rings. The third-order valence-electron chi connectivity index (χ3n) is 5.12. The molecule has 0 unspecified atom stereocenters. The highest BCUT2D eigenvalue weighted by Gasteiger charge is 2.16. The van der Waals surface area contributed by atoms with Gasteiger partial charge in [0.1, 0.15) is 17.1 Å². The van der Waals surface area contributed by atoms with Gasteiger partial charge in [-0.25, -0.2) is 9.37 Å². The molecule has 0 aliphatic rings. The molecular formula is C25H15FN4O5S. The highest BCUT2D eigenvalue weighted by atomic mass is 32.1. The van der Waals surface area contributed by atoms with E-state index >= 15 is 0 Å². The highest BCUT2D eigenvalue weighted by Crippen LogP contribution is 2.27. The molecule has 2 heterocycles. The van der Waals surface area contributed by atoms with E-state index in [0.29, 0.717) is 33.7 Å². The van der Waals surface area contributed by atoms with Crippen LogP contribution < -0.4 is 10.6 Å². The molecular weight excluding hydrogens is 487 g/mol. The molecule has 5 aromatic rings. The molecule has 11 heteroatoms. The number of carbonyl (C=O) groups is 1. The number of thiocarbonyl (C=S) groups is 1. The number of hydrogen-bond acceptors (Lipinski definition) is 7. The number of amides is 1. The van der Waals surface area contributed by atoms with E-state index in [1.165, 1.54) is 36.4 Å². The monoisotopic (exact) mass is 502 g/mol. The summed E-state index contributed by atoms with van der Waals surface area (Å²) < 4.78 is 24.8. The Hall–Kier alpha value is -4.90. The van der Waals surface area contributed by atoms with Gasteiger partial charge in [0, 0.05) is 28.9 Å². The number of rotatable bonds is 5. The summed E-state index contributed by atoms with van der Waals surface area (Å²) >= 11 is 5.23. The number of fused-ring (bicyclic) bond motifs is 1. The van der Waals surface area contributed by atoms with Crippen molar-refractivity contribution in [3.63, 3.8) is 0 Å². The van der Waals surface area contributed by atoms with Crippen LogP contribution in [-0.2, 0) is 0 Å². The zero-order valence-electron chi connectivity index (χ0n) is 18.2. The van der Waals surface area contributed by atoms with E-state index < -0.39 is 16.6 Å². The van der Waals surface area contributed by atoms with Crippen molar-refractivity contribution in [1.82, 2.24) is 10.3 Å². The van der Waals surface area contributed by atoms with Crippen LogP contribution in [-0.4, -0.2) is 20.9 Å². The molecule has 0 radical (unpaired) electrons. The molecule has 9 nitrogen and oxygen atoms in total. The second kappa shape index (κ2) is 9.39. The Labute approximate surface area is 207 Å². The van der Waals surface area contributed by atoms with Crippen molar-refractivity contribution in [3.8, 4) is 22.8 Å². The lowest BCUT2D eigenvalue weighted by Gasteiger charge is -2.08. The number of carbonyl (C=O) groups excluding carboxylic acids is 1. The van der Waals surface area contributed by atoms with Crippen LogP contribution in [0.15, 0.2) is 87.7 Å². The zero-order chi connectivity index (χ0) is 25.2. The fraction of sp³-hybridized carbons (Fsp3) is 0. The minimum atomic E-state index is -0.597. The topological polar surface area (TPSA) is 123 Å². The molecule has 0 aliphatic carbocycles. The predicted molar refractivity (Wildman–Crippen MR) is 134 cm³/mol. The summed E-state index contributed by atoms with van der Waals surface area (Å²) in [6, 6.07) is 19.8. The first-order valence-corrected chi connectivity index (χ1v) is 10.9. The molecule has 0 bridgehead atoms. The van der Waals surface area contributed by atoms with Gasteiger partial charge in [-0.3, -0.25) is 20.2 Å². The van der Waals surface area contributed by atoms with Crippen molar-refractivity contribution in [3.05, 3.63) is 101 Å². The molecule has 0 atom stereocenters. The van der Waals surface area contributed by atoms with E-state index in [4.69, 9.17) is 21.1 Å². The first kappa shape index (κ1) is 22.9. The Bertz CT molecular complexity index is 1640. The molecule has 2 aromatic heterocycles. The number of furan rings is 1. The summed E-state index contributed by atoms with van der Waals surface area (Å²) in [4.78, 5) is 27.4. The summed E-state index contributed by atoms with van der Waals surface area (Å²) in [6.07, 6.45) is 0. The van der Waals surface area contributed by atoms with Gasteiger partial charge < -0.3 is 14.2 Å². The van der Waals surface area contributed by atoms with Gasteiger partial charge >= 0.3 is 0 Å². The van der Waals surface area contributed by atoms with Crippen molar-refractivity contribution < 1.29 is 22.9 Å². The summed E-state index contributed by atoms with van der Waals surface area (Å²) in [5.41, 5.74) is 2.44. The van der Waals surface area contributed by atoms with E-state index in [0.717, 1.165) is 0 Å². The molecule has 0 spiro atoms. The van der Waals surface area contributed by atoms with Crippen molar-refractivity contribution in [2.45, 2.75) is 0 Å². The summed E-state index contributed by atoms with van der Waals surface area (Å²) in [5, 5.41) is 16.4. The molecule has 0 aliphatic heterocycles. The third kappa shape index (κ3) is 4.81. The summed E-state index contributed by atoms with van der Waals surface area (Å²) in [5.74, 6) is -0.442. The van der Waals surface area contributed by atoms with Crippen LogP contribution in [0.1, 0.15) is 10.6 Å². The number of non-ortho nitro benzene ring substituents is 1. The maximum atomic E-state index is 13.5. The van der Waals surface area contributed by atoms with E-state index in [1.54, 1.807) is 42.5 Å². The SMILES string of the molecule is O=C(NC(=S)Nc1ccc2oc(-c3cccc(F)c3)nc2c1)c1ccc(-c2cccc([N+](=O)[O-])c2)o1. The molecule has 178 valence electrons. The van der Waals surface area contributed by atoms with E-state index in [9.17, 15) is 19.3 Å². The number of nitrogens with zero attached hydrogens (tertiary/aromatic N) is 2. The van der Waals surface area contributed by atoms with Crippen LogP contribution in [0.25, 0.3) is 33.9 Å². The molecule has 5 rings (SSSR count). The quantitative estimate of drug-likeness (QED) is 0.172. The molecule has 0 saturated heterocycles. The number of nitro groups is 1. The van der Waals surface area contributed by atoms with E-state index in [-0.39, 0.29) is 22.5 Å². The lowest BCUT2D eigenvalue weighted by molar-refractivity contribution is -0.384. The maximum absolute atomic E-state index is 13.5. The maximum Gasteiger partial charge on any atom is 0.293 e. The zero-order valence-corrected chi connectivity index (χ0v) is 19.0. The lowest BCUT2D eigenvalue weighted by atomic mass is 10.1. The van der Waals surface area contributed by atoms with Crippen molar-refractivity contribution in [1.29, 1.82) is 0 Å². The average molecular weight is 502 g/mol. The number of benzene rings is 3. The molecule has 3 aromatic carbocycles. The molecule has 2 N–H and O–H groups in total. The number of nitro benzene ring substituents is 1. The highest BCUT2D eigenvalue weighted by molar-refractivity contribution is 7.80. The Kier molecular flexibility index (Phi) is 5.97. The molecule has 1 amide bonds. The van der Waals surface area contributed by atoms with Crippen molar-refractivity contribution >= 4 is 45.7 Å². The van der Waals surface area contributed by atoms with Crippen LogP contribution >= 0.6 is 12.2 Å². The smallest absolute Gasteiger partial charge is 0.293 e. The number of hydrogen-bond donors (Lipinski definition) is 2. The number of oxazole rings is 1. The van der Waals surface area contributed by atoms with E-state index in [2.05, 4.69) is 15.6 Å². The average Bonchev–Trinajstić information content (AvgIpc) is 3.52. The van der Waals surface area contributed by atoms with Crippen LogP contribution in [0.3, 0.4) is 0 Å². The largest absolute Gasteiger partial charge is 0.451 e. The second-order valence-corrected chi connectivity index (χ2v) is 8.00. The Morgan fingerprint density at radius 3 is 2.58 bits per heavy atom. The fourth-order valence-electron chi connectivity index (χ4n) is 3.47.